The molecule has 0 saturated carbocycles. The van der Waals surface area contributed by atoms with E-state index in [0.29, 0.717) is 23.5 Å². The summed E-state index contributed by atoms with van der Waals surface area (Å²) in [6.07, 6.45) is 3.72. The van der Waals surface area contributed by atoms with Crippen LogP contribution in [0.4, 0.5) is 17.1 Å². The molecule has 0 spiro atoms. The lowest BCUT2D eigenvalue weighted by Gasteiger charge is -2.13. The lowest BCUT2D eigenvalue weighted by atomic mass is 10.1. The summed E-state index contributed by atoms with van der Waals surface area (Å²) in [5.41, 5.74) is 3.59. The summed E-state index contributed by atoms with van der Waals surface area (Å²) >= 11 is 1.39. The number of unbranched alkanes of at least 4 members (excludes halogenated alkanes) is 1. The largest absolute Gasteiger partial charge is 0.494 e. The van der Waals surface area contributed by atoms with E-state index >= 15 is 0 Å². The monoisotopic (exact) mass is 622 g/mol. The first-order valence-electron chi connectivity index (χ1n) is 14.7. The summed E-state index contributed by atoms with van der Waals surface area (Å²) in [4.78, 5) is 41.6. The maximum Gasteiger partial charge on any atom is 0.272 e. The summed E-state index contributed by atoms with van der Waals surface area (Å²) in [5.74, 6) is 0.0361. The van der Waals surface area contributed by atoms with Crippen LogP contribution in [-0.2, 0) is 9.59 Å². The van der Waals surface area contributed by atoms with Crippen LogP contribution < -0.4 is 25.6 Å². The van der Waals surface area contributed by atoms with Gasteiger partial charge in [0.25, 0.3) is 11.8 Å². The van der Waals surface area contributed by atoms with E-state index in [1.807, 2.05) is 85.7 Å². The molecule has 0 heterocycles. The predicted molar refractivity (Wildman–Crippen MR) is 184 cm³/mol. The maximum atomic E-state index is 13.4. The number of hydrogen-bond donors (Lipinski definition) is 3. The van der Waals surface area contributed by atoms with Crippen molar-refractivity contribution in [2.24, 2.45) is 0 Å². The van der Waals surface area contributed by atoms with E-state index in [9.17, 15) is 14.4 Å². The van der Waals surface area contributed by atoms with E-state index in [-0.39, 0.29) is 23.3 Å². The number of anilines is 3. The molecule has 3 amide bonds. The normalized spacial score (nSPS) is 11.0. The van der Waals surface area contributed by atoms with Crippen LogP contribution in [-0.4, -0.2) is 44.2 Å². The minimum atomic E-state index is -0.461. The number of ether oxygens (including phenoxy) is 1. The van der Waals surface area contributed by atoms with E-state index in [4.69, 9.17) is 4.74 Å². The summed E-state index contributed by atoms with van der Waals surface area (Å²) in [6, 6.07) is 30.9. The van der Waals surface area contributed by atoms with Crippen LogP contribution in [0.15, 0.2) is 114 Å². The molecule has 8 nitrogen and oxygen atoms in total. The molecule has 0 bridgehead atoms. The molecule has 0 fully saturated rings. The average Bonchev–Trinajstić information content (AvgIpc) is 3.05. The van der Waals surface area contributed by atoms with Gasteiger partial charge in [-0.05, 0) is 90.9 Å². The number of hydrogen-bond acceptors (Lipinski definition) is 6. The van der Waals surface area contributed by atoms with Crippen molar-refractivity contribution in [1.82, 2.24) is 5.32 Å². The molecule has 0 radical (unpaired) electrons. The number of amides is 3. The van der Waals surface area contributed by atoms with Crippen LogP contribution in [0, 0.1) is 0 Å². The van der Waals surface area contributed by atoms with E-state index in [2.05, 4.69) is 22.9 Å². The first kappa shape index (κ1) is 32.9. The Morgan fingerprint density at radius 1 is 0.800 bits per heavy atom. The minimum Gasteiger partial charge on any atom is -0.494 e. The molecule has 232 valence electrons. The predicted octanol–water partition coefficient (Wildman–Crippen LogP) is 7.07. The average molecular weight is 623 g/mol. The molecule has 0 unspecified atom stereocenters. The third kappa shape index (κ3) is 10.6. The van der Waals surface area contributed by atoms with Gasteiger partial charge in [-0.2, -0.15) is 0 Å². The maximum absolute atomic E-state index is 13.4. The number of benzene rings is 4. The Morgan fingerprint density at radius 3 is 2.09 bits per heavy atom. The lowest BCUT2D eigenvalue weighted by Crippen LogP contribution is -2.30. The fourth-order valence-corrected chi connectivity index (χ4v) is 4.82. The number of nitrogens with zero attached hydrogens (tertiary/aromatic N) is 1. The highest BCUT2D eigenvalue weighted by molar-refractivity contribution is 8.00. The van der Waals surface area contributed by atoms with Crippen molar-refractivity contribution >= 4 is 52.6 Å². The number of carbonyl (C=O) groups is 3. The second kappa shape index (κ2) is 16.7. The Balaban J connectivity index is 1.35. The zero-order chi connectivity index (χ0) is 32.0. The van der Waals surface area contributed by atoms with E-state index in [0.717, 1.165) is 34.7 Å². The van der Waals surface area contributed by atoms with Crippen molar-refractivity contribution < 1.29 is 19.1 Å². The molecule has 0 aromatic heterocycles. The zero-order valence-electron chi connectivity index (χ0n) is 25.7. The van der Waals surface area contributed by atoms with Gasteiger partial charge in [-0.15, -0.1) is 11.8 Å². The highest BCUT2D eigenvalue weighted by atomic mass is 32.2. The van der Waals surface area contributed by atoms with Crippen molar-refractivity contribution in [1.29, 1.82) is 0 Å². The van der Waals surface area contributed by atoms with Gasteiger partial charge in [0.05, 0.1) is 12.4 Å². The van der Waals surface area contributed by atoms with E-state index in [1.54, 1.807) is 42.5 Å². The molecule has 0 saturated heterocycles. The Hall–Kier alpha value is -5.02. The molecule has 0 aliphatic heterocycles. The van der Waals surface area contributed by atoms with Gasteiger partial charge in [0, 0.05) is 41.6 Å². The minimum absolute atomic E-state index is 0.108. The first-order chi connectivity index (χ1) is 21.8. The number of carbonyl (C=O) groups excluding carboxylic acids is 3. The van der Waals surface area contributed by atoms with Crippen LogP contribution >= 0.6 is 11.8 Å². The SMILES string of the molecule is CCCCOc1ccc(NC(=O)CSc2ccc(NC(=O)/C(=C/c3ccc(N(C)C)cc3)NC(=O)c3ccccc3)cc2)cc1. The van der Waals surface area contributed by atoms with Crippen LogP contribution in [0.3, 0.4) is 0 Å². The van der Waals surface area contributed by atoms with Crippen molar-refractivity contribution in [2.75, 3.05) is 42.0 Å². The van der Waals surface area contributed by atoms with Gasteiger partial charge < -0.3 is 25.6 Å². The first-order valence-corrected chi connectivity index (χ1v) is 15.7. The highest BCUT2D eigenvalue weighted by Gasteiger charge is 2.15. The van der Waals surface area contributed by atoms with Crippen molar-refractivity contribution in [3.63, 3.8) is 0 Å². The molecule has 4 aromatic rings. The van der Waals surface area contributed by atoms with Crippen LogP contribution in [0.25, 0.3) is 6.08 Å². The Morgan fingerprint density at radius 2 is 1.44 bits per heavy atom. The Bertz CT molecular complexity index is 1590. The summed E-state index contributed by atoms with van der Waals surface area (Å²) in [6.45, 7) is 2.79. The highest BCUT2D eigenvalue weighted by Crippen LogP contribution is 2.22. The van der Waals surface area contributed by atoms with Gasteiger partial charge in [-0.1, -0.05) is 43.7 Å². The van der Waals surface area contributed by atoms with Gasteiger partial charge in [0.1, 0.15) is 11.4 Å². The Labute approximate surface area is 268 Å². The molecule has 4 rings (SSSR count). The number of nitrogens with one attached hydrogen (secondary N) is 3. The number of rotatable bonds is 14. The Kier molecular flexibility index (Phi) is 12.2. The fourth-order valence-electron chi connectivity index (χ4n) is 4.13. The molecule has 3 N–H and O–H groups in total. The molecular formula is C36H38N4O4S. The van der Waals surface area contributed by atoms with E-state index in [1.165, 1.54) is 11.8 Å². The fraction of sp³-hybridized carbons (Fsp3) is 0.194. The molecular weight excluding hydrogens is 584 g/mol. The second-order valence-corrected chi connectivity index (χ2v) is 11.5. The standard InChI is InChI=1S/C36H38N4O4S/c1-4-5-23-44-31-19-13-28(14-20-31)37-34(41)25-45-32-21-15-29(16-22-32)38-36(43)33(39-35(42)27-9-7-6-8-10-27)24-26-11-17-30(18-12-26)40(2)3/h6-22,24H,4-5,23,25H2,1-3H3,(H,37,41)(H,38,43)(H,39,42)/b33-24-. The number of thioether (sulfide) groups is 1. The topological polar surface area (TPSA) is 99.8 Å². The third-order valence-corrected chi connectivity index (χ3v) is 7.65. The van der Waals surface area contributed by atoms with Gasteiger partial charge in [-0.25, -0.2) is 0 Å². The van der Waals surface area contributed by atoms with E-state index < -0.39 is 5.91 Å². The smallest absolute Gasteiger partial charge is 0.272 e. The van der Waals surface area contributed by atoms with Gasteiger partial charge in [-0.3, -0.25) is 14.4 Å². The van der Waals surface area contributed by atoms with Gasteiger partial charge in [0.2, 0.25) is 5.91 Å². The molecule has 0 atom stereocenters. The molecule has 45 heavy (non-hydrogen) atoms. The summed E-state index contributed by atoms with van der Waals surface area (Å²) in [7, 11) is 3.90. The van der Waals surface area contributed by atoms with Crippen LogP contribution in [0.1, 0.15) is 35.7 Å². The van der Waals surface area contributed by atoms with Crippen LogP contribution in [0.5, 0.6) is 5.75 Å². The second-order valence-electron chi connectivity index (χ2n) is 10.4. The van der Waals surface area contributed by atoms with Gasteiger partial charge in [0.15, 0.2) is 0 Å². The lowest BCUT2D eigenvalue weighted by molar-refractivity contribution is -0.114. The van der Waals surface area contributed by atoms with Crippen molar-refractivity contribution in [3.05, 3.63) is 120 Å². The molecule has 9 heteroatoms. The molecule has 0 aliphatic rings. The summed E-state index contributed by atoms with van der Waals surface area (Å²) < 4.78 is 5.67. The van der Waals surface area contributed by atoms with Crippen molar-refractivity contribution in [3.8, 4) is 5.75 Å². The molecule has 0 aliphatic carbocycles. The van der Waals surface area contributed by atoms with Crippen LogP contribution in [0.2, 0.25) is 0 Å². The zero-order valence-corrected chi connectivity index (χ0v) is 26.5. The summed E-state index contributed by atoms with van der Waals surface area (Å²) in [5, 5.41) is 8.52. The quantitative estimate of drug-likeness (QED) is 0.0790. The third-order valence-electron chi connectivity index (χ3n) is 6.64. The van der Waals surface area contributed by atoms with Crippen molar-refractivity contribution in [2.45, 2.75) is 24.7 Å². The van der Waals surface area contributed by atoms with Gasteiger partial charge >= 0.3 is 0 Å². The molecule has 4 aromatic carbocycles.